The number of hydrogen-bond acceptors (Lipinski definition) is 7. The summed E-state index contributed by atoms with van der Waals surface area (Å²) in [6.45, 7) is 7.69. The molecular formula is C26H28N8O. The highest BCUT2D eigenvalue weighted by Gasteiger charge is 2.14. The van der Waals surface area contributed by atoms with E-state index < -0.39 is 0 Å². The number of aromatic nitrogens is 3. The van der Waals surface area contributed by atoms with Gasteiger partial charge in [0.2, 0.25) is 11.9 Å². The largest absolute Gasteiger partial charge is 0.369 e. The number of aromatic amines is 1. The molecule has 0 spiro atoms. The summed E-state index contributed by atoms with van der Waals surface area (Å²) in [6, 6.07) is 17.7. The van der Waals surface area contributed by atoms with E-state index in [2.05, 4.69) is 73.6 Å². The number of hydrogen-bond donors (Lipinski definition) is 4. The van der Waals surface area contributed by atoms with E-state index in [1.807, 2.05) is 36.5 Å². The maximum atomic E-state index is 11.5. The smallest absolute Gasteiger partial charge is 0.247 e. The third-order valence-corrected chi connectivity index (χ3v) is 6.01. The fraction of sp³-hybridized carbons (Fsp3) is 0.192. The standard InChI is InChI=1S/C26H28N8O/c1-3-23(35)28-18-4-6-19(7-5-18)29-25-22-12-13-27-24(22)31-26(32-25)30-20-8-10-21(11-9-20)34-16-14-33(2)15-17-34/h3-13H,1,14-17H2,2H3,(H,28,35)(H3,27,29,30,31,32). The maximum Gasteiger partial charge on any atom is 0.247 e. The van der Waals surface area contributed by atoms with E-state index in [1.165, 1.54) is 11.8 Å². The molecule has 1 amide bonds. The number of benzene rings is 2. The summed E-state index contributed by atoms with van der Waals surface area (Å²) in [5, 5.41) is 10.3. The second-order valence-corrected chi connectivity index (χ2v) is 8.49. The zero-order valence-electron chi connectivity index (χ0n) is 19.6. The average Bonchev–Trinajstić information content (AvgIpc) is 3.35. The van der Waals surface area contributed by atoms with Crippen LogP contribution in [0.2, 0.25) is 0 Å². The first-order chi connectivity index (χ1) is 17.1. The molecule has 2 aromatic carbocycles. The van der Waals surface area contributed by atoms with Gasteiger partial charge in [-0.1, -0.05) is 6.58 Å². The van der Waals surface area contributed by atoms with Crippen molar-refractivity contribution < 1.29 is 4.79 Å². The highest BCUT2D eigenvalue weighted by molar-refractivity contribution is 5.99. The summed E-state index contributed by atoms with van der Waals surface area (Å²) in [7, 11) is 2.16. The molecule has 9 heteroatoms. The molecule has 3 heterocycles. The Morgan fingerprint density at radius 2 is 1.57 bits per heavy atom. The van der Waals surface area contributed by atoms with Crippen molar-refractivity contribution in [3.63, 3.8) is 0 Å². The first kappa shape index (κ1) is 22.4. The Morgan fingerprint density at radius 3 is 2.29 bits per heavy atom. The molecule has 0 radical (unpaired) electrons. The first-order valence-electron chi connectivity index (χ1n) is 11.5. The lowest BCUT2D eigenvalue weighted by atomic mass is 10.2. The molecule has 1 saturated heterocycles. The number of carbonyl (C=O) groups is 1. The molecule has 4 N–H and O–H groups in total. The van der Waals surface area contributed by atoms with Crippen LogP contribution < -0.4 is 20.9 Å². The second kappa shape index (κ2) is 9.86. The van der Waals surface area contributed by atoms with Crippen LogP contribution in [0.5, 0.6) is 0 Å². The monoisotopic (exact) mass is 468 g/mol. The number of nitrogens with one attached hydrogen (secondary N) is 4. The van der Waals surface area contributed by atoms with Crippen molar-refractivity contribution in [3.8, 4) is 0 Å². The lowest BCUT2D eigenvalue weighted by molar-refractivity contribution is -0.111. The van der Waals surface area contributed by atoms with Crippen molar-refractivity contribution in [1.29, 1.82) is 0 Å². The molecule has 1 aliphatic heterocycles. The molecule has 2 aromatic heterocycles. The number of H-pyrrole nitrogens is 1. The van der Waals surface area contributed by atoms with E-state index in [0.717, 1.165) is 48.6 Å². The average molecular weight is 469 g/mol. The van der Waals surface area contributed by atoms with Gasteiger partial charge in [-0.25, -0.2) is 0 Å². The minimum Gasteiger partial charge on any atom is -0.369 e. The molecule has 1 aliphatic rings. The number of likely N-dealkylation sites (N-methyl/N-ethyl adjacent to an activating group) is 1. The molecule has 1 fully saturated rings. The topological polar surface area (TPSA) is 101 Å². The third kappa shape index (κ3) is 5.25. The van der Waals surface area contributed by atoms with Crippen LogP contribution in [-0.2, 0) is 4.79 Å². The van der Waals surface area contributed by atoms with Crippen molar-refractivity contribution in [2.75, 3.05) is 54.1 Å². The van der Waals surface area contributed by atoms with Crippen molar-refractivity contribution >= 4 is 51.5 Å². The Kier molecular flexibility index (Phi) is 6.32. The number of carbonyl (C=O) groups excluding carboxylic acids is 1. The van der Waals surface area contributed by atoms with Gasteiger partial charge in [0.1, 0.15) is 11.5 Å². The van der Waals surface area contributed by atoms with Crippen LogP contribution in [0, 0.1) is 0 Å². The number of rotatable bonds is 7. The number of amides is 1. The van der Waals surface area contributed by atoms with E-state index in [4.69, 9.17) is 4.98 Å². The molecular weight excluding hydrogens is 440 g/mol. The Labute approximate surface area is 203 Å². The van der Waals surface area contributed by atoms with Crippen LogP contribution in [0.1, 0.15) is 0 Å². The molecule has 9 nitrogen and oxygen atoms in total. The van der Waals surface area contributed by atoms with Crippen LogP contribution in [0.4, 0.5) is 34.5 Å². The highest BCUT2D eigenvalue weighted by atomic mass is 16.1. The minimum absolute atomic E-state index is 0.247. The number of anilines is 6. The zero-order valence-corrected chi connectivity index (χ0v) is 19.6. The van der Waals surface area contributed by atoms with Gasteiger partial charge >= 0.3 is 0 Å². The lowest BCUT2D eigenvalue weighted by Crippen LogP contribution is -2.44. The summed E-state index contributed by atoms with van der Waals surface area (Å²) < 4.78 is 0. The quantitative estimate of drug-likeness (QED) is 0.300. The van der Waals surface area contributed by atoms with Crippen LogP contribution in [0.25, 0.3) is 11.0 Å². The molecule has 0 saturated carbocycles. The number of piperazine rings is 1. The molecule has 0 unspecified atom stereocenters. The summed E-state index contributed by atoms with van der Waals surface area (Å²) in [5.41, 5.74) is 4.40. The Morgan fingerprint density at radius 1 is 0.914 bits per heavy atom. The summed E-state index contributed by atoms with van der Waals surface area (Å²) >= 11 is 0. The van der Waals surface area contributed by atoms with Gasteiger partial charge in [-0.3, -0.25) is 4.79 Å². The van der Waals surface area contributed by atoms with Crippen LogP contribution in [0.15, 0.2) is 73.4 Å². The second-order valence-electron chi connectivity index (χ2n) is 8.49. The fourth-order valence-corrected chi connectivity index (χ4v) is 4.01. The van der Waals surface area contributed by atoms with E-state index >= 15 is 0 Å². The minimum atomic E-state index is -0.247. The molecule has 0 bridgehead atoms. The summed E-state index contributed by atoms with van der Waals surface area (Å²) in [6.07, 6.45) is 3.08. The normalized spacial score (nSPS) is 14.0. The molecule has 178 valence electrons. The van der Waals surface area contributed by atoms with Gasteiger partial charge in [-0.15, -0.1) is 0 Å². The van der Waals surface area contributed by atoms with E-state index in [0.29, 0.717) is 17.5 Å². The van der Waals surface area contributed by atoms with Gasteiger partial charge in [0.15, 0.2) is 0 Å². The van der Waals surface area contributed by atoms with Crippen LogP contribution >= 0.6 is 0 Å². The molecule has 35 heavy (non-hydrogen) atoms. The van der Waals surface area contributed by atoms with Crippen molar-refractivity contribution in [1.82, 2.24) is 19.9 Å². The van der Waals surface area contributed by atoms with Crippen LogP contribution in [0.3, 0.4) is 0 Å². The Bertz CT molecular complexity index is 1320. The van der Waals surface area contributed by atoms with Crippen molar-refractivity contribution in [2.24, 2.45) is 0 Å². The third-order valence-electron chi connectivity index (χ3n) is 6.01. The molecule has 0 aliphatic carbocycles. The number of nitrogens with zero attached hydrogens (tertiary/aromatic N) is 4. The van der Waals surface area contributed by atoms with E-state index in [9.17, 15) is 4.79 Å². The predicted molar refractivity (Wildman–Crippen MR) is 142 cm³/mol. The highest BCUT2D eigenvalue weighted by Crippen LogP contribution is 2.27. The van der Waals surface area contributed by atoms with E-state index in [-0.39, 0.29) is 5.91 Å². The molecule has 0 atom stereocenters. The SMILES string of the molecule is C=CC(=O)Nc1ccc(Nc2nc(Nc3ccc(N4CCN(C)CC4)cc3)nc3[nH]ccc23)cc1. The van der Waals surface area contributed by atoms with E-state index in [1.54, 1.807) is 0 Å². The fourth-order valence-electron chi connectivity index (χ4n) is 4.01. The predicted octanol–water partition coefficient (Wildman–Crippen LogP) is 4.32. The number of fused-ring (bicyclic) bond motifs is 1. The first-order valence-corrected chi connectivity index (χ1v) is 11.5. The maximum absolute atomic E-state index is 11.5. The summed E-state index contributed by atoms with van der Waals surface area (Å²) in [5.74, 6) is 0.920. The molecule has 4 aromatic rings. The van der Waals surface area contributed by atoms with Gasteiger partial charge in [-0.2, -0.15) is 9.97 Å². The summed E-state index contributed by atoms with van der Waals surface area (Å²) in [4.78, 5) is 28.8. The lowest BCUT2D eigenvalue weighted by Gasteiger charge is -2.34. The van der Waals surface area contributed by atoms with Gasteiger partial charge in [0, 0.05) is 55.1 Å². The van der Waals surface area contributed by atoms with Gasteiger partial charge in [-0.05, 0) is 67.7 Å². The Balaban J connectivity index is 1.32. The van der Waals surface area contributed by atoms with Gasteiger partial charge < -0.3 is 30.7 Å². The van der Waals surface area contributed by atoms with Gasteiger partial charge in [0.05, 0.1) is 5.39 Å². The zero-order chi connectivity index (χ0) is 24.2. The van der Waals surface area contributed by atoms with Gasteiger partial charge in [0.25, 0.3) is 0 Å². The molecule has 5 rings (SSSR count). The van der Waals surface area contributed by atoms with Crippen molar-refractivity contribution in [3.05, 3.63) is 73.4 Å². The van der Waals surface area contributed by atoms with Crippen LogP contribution in [-0.4, -0.2) is 59.0 Å². The van der Waals surface area contributed by atoms with Crippen molar-refractivity contribution in [2.45, 2.75) is 0 Å². The Hall–Kier alpha value is -4.37.